The number of rotatable bonds is 10. The molecule has 0 saturated carbocycles. The standard InChI is InChI=1S/C21H35NO/c1-2-3-4-5-6-7-9-17-12-13-21-18(14-17)10-8-11-19(21)15-20(22)16-23/h12-14,19-20,23H,2-11,15-16,22H2,1H3. The molecule has 23 heavy (non-hydrogen) atoms. The monoisotopic (exact) mass is 317 g/mol. The lowest BCUT2D eigenvalue weighted by atomic mass is 9.79. The summed E-state index contributed by atoms with van der Waals surface area (Å²) in [6, 6.07) is 7.04. The van der Waals surface area contributed by atoms with Gasteiger partial charge in [0.15, 0.2) is 0 Å². The molecule has 2 heteroatoms. The highest BCUT2D eigenvalue weighted by atomic mass is 16.3. The molecule has 2 atom stereocenters. The largest absolute Gasteiger partial charge is 0.395 e. The van der Waals surface area contributed by atoms with Crippen LogP contribution in [0.15, 0.2) is 18.2 Å². The van der Waals surface area contributed by atoms with Crippen LogP contribution in [0.3, 0.4) is 0 Å². The fourth-order valence-electron chi connectivity index (χ4n) is 3.92. The Balaban J connectivity index is 1.86. The predicted octanol–water partition coefficient (Wildman–Crippen LogP) is 4.72. The average Bonchev–Trinajstić information content (AvgIpc) is 2.58. The van der Waals surface area contributed by atoms with Crippen LogP contribution in [-0.4, -0.2) is 17.8 Å². The second-order valence-electron chi connectivity index (χ2n) is 7.32. The van der Waals surface area contributed by atoms with Crippen LogP contribution in [0.5, 0.6) is 0 Å². The Hall–Kier alpha value is -0.860. The molecule has 0 fully saturated rings. The Morgan fingerprint density at radius 1 is 1.17 bits per heavy atom. The molecular weight excluding hydrogens is 282 g/mol. The van der Waals surface area contributed by atoms with Gasteiger partial charge in [-0.05, 0) is 61.1 Å². The van der Waals surface area contributed by atoms with Crippen LogP contribution in [0.25, 0.3) is 0 Å². The lowest BCUT2D eigenvalue weighted by Crippen LogP contribution is -2.28. The molecule has 0 saturated heterocycles. The van der Waals surface area contributed by atoms with Crippen molar-refractivity contribution in [3.05, 3.63) is 34.9 Å². The zero-order valence-electron chi connectivity index (χ0n) is 14.9. The maximum Gasteiger partial charge on any atom is 0.0582 e. The predicted molar refractivity (Wildman–Crippen MR) is 98.9 cm³/mol. The first kappa shape index (κ1) is 18.5. The number of unbranched alkanes of at least 4 members (excludes halogenated alkanes) is 5. The van der Waals surface area contributed by atoms with Gasteiger partial charge in [-0.25, -0.2) is 0 Å². The zero-order chi connectivity index (χ0) is 16.5. The number of benzene rings is 1. The summed E-state index contributed by atoms with van der Waals surface area (Å²) in [6.07, 6.45) is 14.0. The van der Waals surface area contributed by atoms with Gasteiger partial charge in [-0.3, -0.25) is 0 Å². The van der Waals surface area contributed by atoms with Crippen molar-refractivity contribution in [1.29, 1.82) is 0 Å². The number of aliphatic hydroxyl groups is 1. The van der Waals surface area contributed by atoms with Gasteiger partial charge in [0.1, 0.15) is 0 Å². The number of hydrogen-bond donors (Lipinski definition) is 2. The van der Waals surface area contributed by atoms with Gasteiger partial charge in [0.25, 0.3) is 0 Å². The Labute approximate surface area is 142 Å². The van der Waals surface area contributed by atoms with Crippen molar-refractivity contribution in [3.63, 3.8) is 0 Å². The van der Waals surface area contributed by atoms with E-state index in [-0.39, 0.29) is 12.6 Å². The Morgan fingerprint density at radius 3 is 2.74 bits per heavy atom. The van der Waals surface area contributed by atoms with Crippen molar-refractivity contribution in [3.8, 4) is 0 Å². The molecule has 130 valence electrons. The smallest absolute Gasteiger partial charge is 0.0582 e. The molecule has 1 aliphatic rings. The number of hydrogen-bond acceptors (Lipinski definition) is 2. The second-order valence-corrected chi connectivity index (χ2v) is 7.32. The third kappa shape index (κ3) is 5.93. The van der Waals surface area contributed by atoms with Crippen LogP contribution < -0.4 is 5.73 Å². The molecule has 2 nitrogen and oxygen atoms in total. The Kier molecular flexibility index (Phi) is 8.11. The van der Waals surface area contributed by atoms with Crippen LogP contribution in [0.4, 0.5) is 0 Å². The lowest BCUT2D eigenvalue weighted by molar-refractivity contribution is 0.251. The van der Waals surface area contributed by atoms with Crippen molar-refractivity contribution in [2.45, 2.75) is 89.5 Å². The van der Waals surface area contributed by atoms with E-state index in [1.54, 1.807) is 0 Å². The molecule has 0 aliphatic heterocycles. The third-order valence-corrected chi connectivity index (χ3v) is 5.29. The SMILES string of the molecule is CCCCCCCCc1ccc2c(c1)CCCC2CC(N)CO. The Morgan fingerprint density at radius 2 is 1.96 bits per heavy atom. The summed E-state index contributed by atoms with van der Waals surface area (Å²) in [6.45, 7) is 2.37. The molecule has 1 aromatic rings. The van der Waals surface area contributed by atoms with Gasteiger partial charge in [0.05, 0.1) is 6.61 Å². The molecule has 0 bridgehead atoms. The summed E-state index contributed by atoms with van der Waals surface area (Å²) >= 11 is 0. The van der Waals surface area contributed by atoms with E-state index in [1.165, 1.54) is 80.9 Å². The van der Waals surface area contributed by atoms with Crippen LogP contribution in [0.2, 0.25) is 0 Å². The van der Waals surface area contributed by atoms with E-state index < -0.39 is 0 Å². The number of aliphatic hydroxyl groups excluding tert-OH is 1. The lowest BCUT2D eigenvalue weighted by Gasteiger charge is -2.27. The summed E-state index contributed by atoms with van der Waals surface area (Å²) < 4.78 is 0. The van der Waals surface area contributed by atoms with Crippen molar-refractivity contribution in [1.82, 2.24) is 0 Å². The summed E-state index contributed by atoms with van der Waals surface area (Å²) in [5.41, 5.74) is 10.5. The minimum Gasteiger partial charge on any atom is -0.395 e. The fraction of sp³-hybridized carbons (Fsp3) is 0.714. The number of aryl methyl sites for hydroxylation is 2. The van der Waals surface area contributed by atoms with Crippen molar-refractivity contribution < 1.29 is 5.11 Å². The molecule has 2 rings (SSSR count). The van der Waals surface area contributed by atoms with Crippen LogP contribution in [0.1, 0.15) is 87.3 Å². The Bertz CT molecular complexity index is 457. The van der Waals surface area contributed by atoms with Crippen molar-refractivity contribution >= 4 is 0 Å². The van der Waals surface area contributed by atoms with Crippen LogP contribution in [0, 0.1) is 0 Å². The molecule has 0 amide bonds. The quantitative estimate of drug-likeness (QED) is 0.613. The number of nitrogens with two attached hydrogens (primary N) is 1. The molecule has 1 aromatic carbocycles. The second kappa shape index (κ2) is 10.1. The van der Waals surface area contributed by atoms with Gasteiger partial charge >= 0.3 is 0 Å². The van der Waals surface area contributed by atoms with Crippen LogP contribution in [-0.2, 0) is 12.8 Å². The van der Waals surface area contributed by atoms with Crippen molar-refractivity contribution in [2.24, 2.45) is 5.73 Å². The topological polar surface area (TPSA) is 46.2 Å². The molecule has 0 radical (unpaired) electrons. The molecule has 2 unspecified atom stereocenters. The van der Waals surface area contributed by atoms with Gasteiger partial charge in [0, 0.05) is 6.04 Å². The fourth-order valence-corrected chi connectivity index (χ4v) is 3.92. The molecule has 0 aromatic heterocycles. The minimum atomic E-state index is -0.0752. The van der Waals surface area contributed by atoms with E-state index >= 15 is 0 Å². The van der Waals surface area contributed by atoms with Gasteiger partial charge in [-0.15, -0.1) is 0 Å². The third-order valence-electron chi connectivity index (χ3n) is 5.29. The highest BCUT2D eigenvalue weighted by Gasteiger charge is 2.22. The molecule has 3 N–H and O–H groups in total. The van der Waals surface area contributed by atoms with E-state index in [2.05, 4.69) is 25.1 Å². The molecule has 1 aliphatic carbocycles. The van der Waals surface area contributed by atoms with E-state index in [0.29, 0.717) is 5.92 Å². The molecule has 0 heterocycles. The maximum absolute atomic E-state index is 9.21. The first-order valence-corrected chi connectivity index (χ1v) is 9.72. The van der Waals surface area contributed by atoms with Gasteiger partial charge < -0.3 is 10.8 Å². The average molecular weight is 318 g/mol. The van der Waals surface area contributed by atoms with E-state index in [1.807, 2.05) is 0 Å². The summed E-state index contributed by atoms with van der Waals surface area (Å²) in [5.74, 6) is 0.545. The summed E-state index contributed by atoms with van der Waals surface area (Å²) in [4.78, 5) is 0. The van der Waals surface area contributed by atoms with Crippen LogP contribution >= 0.6 is 0 Å². The highest BCUT2D eigenvalue weighted by molar-refractivity contribution is 5.36. The van der Waals surface area contributed by atoms with E-state index in [9.17, 15) is 5.11 Å². The van der Waals surface area contributed by atoms with Gasteiger partial charge in [-0.2, -0.15) is 0 Å². The summed E-state index contributed by atoms with van der Waals surface area (Å²) in [7, 11) is 0. The van der Waals surface area contributed by atoms with E-state index in [0.717, 1.165) is 6.42 Å². The normalized spacial score (nSPS) is 18.7. The first-order chi connectivity index (χ1) is 11.2. The van der Waals surface area contributed by atoms with Gasteiger partial charge in [-0.1, -0.05) is 57.2 Å². The minimum absolute atomic E-state index is 0.0752. The zero-order valence-corrected chi connectivity index (χ0v) is 14.9. The molecule has 0 spiro atoms. The summed E-state index contributed by atoms with van der Waals surface area (Å²) in [5, 5.41) is 9.21. The maximum atomic E-state index is 9.21. The first-order valence-electron chi connectivity index (χ1n) is 9.72. The van der Waals surface area contributed by atoms with Crippen molar-refractivity contribution in [2.75, 3.05) is 6.61 Å². The highest BCUT2D eigenvalue weighted by Crippen LogP contribution is 2.35. The number of fused-ring (bicyclic) bond motifs is 1. The van der Waals surface area contributed by atoms with E-state index in [4.69, 9.17) is 5.73 Å². The molecular formula is C21H35NO. The van der Waals surface area contributed by atoms with Gasteiger partial charge in [0.2, 0.25) is 0 Å².